The van der Waals surface area contributed by atoms with Crippen LogP contribution in [0.2, 0.25) is 0 Å². The molecule has 1 aliphatic heterocycles. The van der Waals surface area contributed by atoms with E-state index in [1.165, 1.54) is 0 Å². The Kier molecular flexibility index (Phi) is 5.62. The summed E-state index contributed by atoms with van der Waals surface area (Å²) >= 11 is 0. The molecule has 0 spiro atoms. The van der Waals surface area contributed by atoms with Crippen LogP contribution >= 0.6 is 0 Å². The molecule has 0 aromatic carbocycles. The maximum absolute atomic E-state index is 12.5. The van der Waals surface area contributed by atoms with Crippen LogP contribution in [0.25, 0.3) is 6.08 Å². The molecule has 1 unspecified atom stereocenters. The van der Waals surface area contributed by atoms with E-state index in [0.29, 0.717) is 12.5 Å². The molecule has 1 aliphatic rings. The Bertz CT molecular complexity index is 652. The van der Waals surface area contributed by atoms with Crippen molar-refractivity contribution in [3.8, 4) is 6.07 Å². The molecule has 1 atom stereocenters. The molecule has 0 saturated carbocycles. The van der Waals surface area contributed by atoms with Crippen molar-refractivity contribution in [1.29, 1.82) is 5.26 Å². The highest BCUT2D eigenvalue weighted by molar-refractivity contribution is 6.02. The molecule has 1 saturated heterocycles. The van der Waals surface area contributed by atoms with Gasteiger partial charge in [-0.05, 0) is 43.9 Å². The number of methoxy groups -OCH3 is 1. The van der Waals surface area contributed by atoms with Crippen LogP contribution in [0.4, 0.5) is 0 Å². The second-order valence-corrected chi connectivity index (χ2v) is 6.29. The molecular formula is C18H25N3O2. The van der Waals surface area contributed by atoms with Crippen molar-refractivity contribution in [2.24, 2.45) is 5.92 Å². The number of aryl methyl sites for hydroxylation is 1. The number of amides is 1. The van der Waals surface area contributed by atoms with Gasteiger partial charge in [0.15, 0.2) is 0 Å². The van der Waals surface area contributed by atoms with Crippen molar-refractivity contribution < 1.29 is 9.53 Å². The number of carbonyl (C=O) groups excluding carboxylic acids is 1. The highest BCUT2D eigenvalue weighted by Crippen LogP contribution is 2.21. The van der Waals surface area contributed by atoms with Gasteiger partial charge in [-0.3, -0.25) is 4.79 Å². The number of aromatic nitrogens is 1. The van der Waals surface area contributed by atoms with Crippen LogP contribution in [0.1, 0.15) is 30.3 Å². The first-order valence-electron chi connectivity index (χ1n) is 8.04. The fourth-order valence-electron chi connectivity index (χ4n) is 3.09. The van der Waals surface area contributed by atoms with Gasteiger partial charge in [0.25, 0.3) is 5.91 Å². The van der Waals surface area contributed by atoms with Gasteiger partial charge < -0.3 is 14.2 Å². The van der Waals surface area contributed by atoms with Crippen LogP contribution in [0.5, 0.6) is 0 Å². The smallest absolute Gasteiger partial charge is 0.264 e. The van der Waals surface area contributed by atoms with Crippen LogP contribution < -0.4 is 0 Å². The molecule has 1 aromatic rings. The van der Waals surface area contributed by atoms with E-state index in [9.17, 15) is 10.1 Å². The van der Waals surface area contributed by atoms with Crippen LogP contribution in [-0.4, -0.2) is 42.2 Å². The van der Waals surface area contributed by atoms with Crippen LogP contribution in [0, 0.1) is 31.1 Å². The van der Waals surface area contributed by atoms with E-state index in [4.69, 9.17) is 4.74 Å². The topological polar surface area (TPSA) is 58.3 Å². The van der Waals surface area contributed by atoms with Gasteiger partial charge in [-0.2, -0.15) is 5.26 Å². The number of nitriles is 1. The molecule has 1 aromatic heterocycles. The second-order valence-electron chi connectivity index (χ2n) is 6.29. The molecule has 1 fully saturated rings. The van der Waals surface area contributed by atoms with Crippen molar-refractivity contribution in [2.75, 3.05) is 26.8 Å². The Balaban J connectivity index is 2.25. The number of hydrogen-bond donors (Lipinski definition) is 0. The van der Waals surface area contributed by atoms with Gasteiger partial charge in [0.05, 0.1) is 6.61 Å². The minimum absolute atomic E-state index is 0.154. The van der Waals surface area contributed by atoms with Gasteiger partial charge >= 0.3 is 0 Å². The summed E-state index contributed by atoms with van der Waals surface area (Å²) in [4.78, 5) is 14.3. The molecule has 23 heavy (non-hydrogen) atoms. The first-order valence-corrected chi connectivity index (χ1v) is 8.04. The Labute approximate surface area is 138 Å². The van der Waals surface area contributed by atoms with E-state index in [0.717, 1.165) is 43.0 Å². The predicted octanol–water partition coefficient (Wildman–Crippen LogP) is 2.53. The molecule has 1 amide bonds. The minimum atomic E-state index is -0.154. The van der Waals surface area contributed by atoms with E-state index < -0.39 is 0 Å². The van der Waals surface area contributed by atoms with Gasteiger partial charge in [-0.25, -0.2) is 0 Å². The number of carbonyl (C=O) groups is 1. The molecule has 2 rings (SSSR count). The second kappa shape index (κ2) is 7.47. The maximum atomic E-state index is 12.5. The van der Waals surface area contributed by atoms with E-state index in [-0.39, 0.29) is 11.5 Å². The van der Waals surface area contributed by atoms with E-state index in [1.54, 1.807) is 18.1 Å². The lowest BCUT2D eigenvalue weighted by molar-refractivity contribution is -0.125. The van der Waals surface area contributed by atoms with Gasteiger partial charge in [-0.1, -0.05) is 6.92 Å². The van der Waals surface area contributed by atoms with Gasteiger partial charge in [-0.15, -0.1) is 0 Å². The maximum Gasteiger partial charge on any atom is 0.264 e. The quantitative estimate of drug-likeness (QED) is 0.620. The first-order chi connectivity index (χ1) is 11.0. The predicted molar refractivity (Wildman–Crippen MR) is 89.7 cm³/mol. The normalized spacial score (nSPS) is 18.3. The Hall–Kier alpha value is -2.06. The average Bonchev–Trinajstić information content (AvgIpc) is 3.07. The number of ether oxygens (including phenoxy) is 1. The summed E-state index contributed by atoms with van der Waals surface area (Å²) in [5.41, 5.74) is 3.29. The molecule has 124 valence electrons. The molecule has 2 heterocycles. The monoisotopic (exact) mass is 315 g/mol. The largest absolute Gasteiger partial charge is 0.383 e. The van der Waals surface area contributed by atoms with Crippen molar-refractivity contribution in [2.45, 2.75) is 33.7 Å². The van der Waals surface area contributed by atoms with Gasteiger partial charge in [0.2, 0.25) is 0 Å². The standard InChI is InChI=1S/C18H25N3O2/c1-13-5-6-20(12-13)18(22)17(11-19)10-16-9-14(2)21(15(16)3)7-8-23-4/h9-10,13H,5-8,12H2,1-4H3/b17-10-. The van der Waals surface area contributed by atoms with Crippen LogP contribution in [-0.2, 0) is 16.1 Å². The summed E-state index contributed by atoms with van der Waals surface area (Å²) in [6.45, 7) is 9.04. The number of hydrogen-bond acceptors (Lipinski definition) is 3. The number of nitrogens with zero attached hydrogens (tertiary/aromatic N) is 3. The minimum Gasteiger partial charge on any atom is -0.383 e. The number of likely N-dealkylation sites (tertiary alicyclic amines) is 1. The Morgan fingerprint density at radius 3 is 2.83 bits per heavy atom. The summed E-state index contributed by atoms with van der Waals surface area (Å²) in [6, 6.07) is 4.09. The molecule has 0 bridgehead atoms. The lowest BCUT2D eigenvalue weighted by Gasteiger charge is -2.15. The molecule has 0 radical (unpaired) electrons. The average molecular weight is 315 g/mol. The summed E-state index contributed by atoms with van der Waals surface area (Å²) in [5.74, 6) is 0.358. The van der Waals surface area contributed by atoms with Crippen molar-refractivity contribution in [1.82, 2.24) is 9.47 Å². The molecular weight excluding hydrogens is 290 g/mol. The lowest BCUT2D eigenvalue weighted by Crippen LogP contribution is -2.29. The summed E-state index contributed by atoms with van der Waals surface area (Å²) in [6.07, 6.45) is 2.73. The van der Waals surface area contributed by atoms with Crippen molar-refractivity contribution in [3.63, 3.8) is 0 Å². The van der Waals surface area contributed by atoms with E-state index in [2.05, 4.69) is 17.6 Å². The molecule has 0 N–H and O–H groups in total. The Morgan fingerprint density at radius 2 is 2.26 bits per heavy atom. The summed E-state index contributed by atoms with van der Waals surface area (Å²) in [5, 5.41) is 9.40. The van der Waals surface area contributed by atoms with E-state index in [1.807, 2.05) is 19.9 Å². The molecule has 5 heteroatoms. The van der Waals surface area contributed by atoms with Crippen molar-refractivity contribution in [3.05, 3.63) is 28.6 Å². The van der Waals surface area contributed by atoms with Crippen LogP contribution in [0.3, 0.4) is 0 Å². The highest BCUT2D eigenvalue weighted by Gasteiger charge is 2.25. The van der Waals surface area contributed by atoms with Crippen molar-refractivity contribution >= 4 is 12.0 Å². The Morgan fingerprint density at radius 1 is 1.52 bits per heavy atom. The molecule has 5 nitrogen and oxygen atoms in total. The lowest BCUT2D eigenvalue weighted by atomic mass is 10.1. The third kappa shape index (κ3) is 3.83. The molecule has 0 aliphatic carbocycles. The third-order valence-corrected chi connectivity index (χ3v) is 4.49. The SMILES string of the molecule is COCCn1c(C)cc(/C=C(/C#N)C(=O)N2CCC(C)C2)c1C. The zero-order valence-electron chi connectivity index (χ0n) is 14.4. The van der Waals surface area contributed by atoms with Crippen LogP contribution in [0.15, 0.2) is 11.6 Å². The fraction of sp³-hybridized carbons (Fsp3) is 0.556. The van der Waals surface area contributed by atoms with E-state index >= 15 is 0 Å². The fourth-order valence-corrected chi connectivity index (χ4v) is 3.09. The third-order valence-electron chi connectivity index (χ3n) is 4.49. The first kappa shape index (κ1) is 17.3. The zero-order valence-corrected chi connectivity index (χ0v) is 14.4. The number of rotatable bonds is 5. The van der Waals surface area contributed by atoms with Gasteiger partial charge in [0, 0.05) is 38.1 Å². The van der Waals surface area contributed by atoms with Gasteiger partial charge in [0.1, 0.15) is 11.6 Å². The summed E-state index contributed by atoms with van der Waals surface area (Å²) < 4.78 is 7.28. The zero-order chi connectivity index (χ0) is 17.0. The summed E-state index contributed by atoms with van der Waals surface area (Å²) in [7, 11) is 1.68. The highest BCUT2D eigenvalue weighted by atomic mass is 16.5.